The number of amides is 1. The number of phenols is 1. The number of phenolic OH excluding ortho intramolecular Hbond substituents is 1. The van der Waals surface area contributed by atoms with Crippen molar-refractivity contribution in [2.24, 2.45) is 0 Å². The van der Waals surface area contributed by atoms with Gasteiger partial charge in [-0.3, -0.25) is 4.79 Å². The summed E-state index contributed by atoms with van der Waals surface area (Å²) in [5, 5.41) is 24.4. The lowest BCUT2D eigenvalue weighted by molar-refractivity contribution is -0.139. The van der Waals surface area contributed by atoms with Gasteiger partial charge in [0.25, 0.3) is 5.91 Å². The van der Waals surface area contributed by atoms with Gasteiger partial charge >= 0.3 is 5.97 Å². The van der Waals surface area contributed by atoms with Gasteiger partial charge in [-0.05, 0) is 57.3 Å². The molecule has 1 aromatic heterocycles. The molecule has 6 aromatic rings. The number of carboxylic acid groups (broad SMARTS) is 1. The number of imidazole rings is 1. The van der Waals surface area contributed by atoms with Crippen LogP contribution in [0.15, 0.2) is 103 Å². The summed E-state index contributed by atoms with van der Waals surface area (Å²) in [4.78, 5) is 33.2. The zero-order valence-corrected chi connectivity index (χ0v) is 24.1. The quantitative estimate of drug-likeness (QED) is 0.165. The highest BCUT2D eigenvalue weighted by Crippen LogP contribution is 2.35. The number of nitrogens with zero attached hydrogens (tertiary/aromatic N) is 1. The van der Waals surface area contributed by atoms with E-state index in [4.69, 9.17) is 4.98 Å². The van der Waals surface area contributed by atoms with Crippen LogP contribution in [0.2, 0.25) is 0 Å². The molecular weight excluding hydrogens is 538 g/mol. The van der Waals surface area contributed by atoms with Crippen LogP contribution >= 0.6 is 0 Å². The van der Waals surface area contributed by atoms with Crippen molar-refractivity contribution in [3.63, 3.8) is 0 Å². The lowest BCUT2D eigenvalue weighted by Gasteiger charge is -2.19. The molecule has 1 amide bonds. The molecule has 7 nitrogen and oxygen atoms in total. The molecule has 1 atom stereocenters. The number of carbonyl (C=O) groups excluding carboxylic acids is 1. The Labute approximate surface area is 248 Å². The van der Waals surface area contributed by atoms with Crippen LogP contribution in [0.3, 0.4) is 0 Å². The first-order valence-corrected chi connectivity index (χ1v) is 14.0. The Hall–Kier alpha value is -5.43. The second kappa shape index (κ2) is 10.8. The average molecular weight is 570 g/mol. The fourth-order valence-electron chi connectivity index (χ4n) is 5.33. The van der Waals surface area contributed by atoms with Gasteiger partial charge in [0.2, 0.25) is 0 Å². The molecule has 43 heavy (non-hydrogen) atoms. The van der Waals surface area contributed by atoms with Crippen molar-refractivity contribution in [1.29, 1.82) is 0 Å². The third-order valence-electron chi connectivity index (χ3n) is 7.68. The van der Waals surface area contributed by atoms with Crippen molar-refractivity contribution in [3.8, 4) is 28.3 Å². The lowest BCUT2D eigenvalue weighted by atomic mass is 9.86. The van der Waals surface area contributed by atoms with Crippen molar-refractivity contribution in [2.75, 3.05) is 0 Å². The number of aliphatic carboxylic acids is 1. The standard InChI is InChI=1S/C36H31N3O4/c1-36(2,3)27-15-12-21(13-16-27)23-10-7-11-25(18-23)33-37-28-17-14-24-19-26(20-29(40)30(24)32(28)38-33)34(41)39-31(35(42)43)22-8-5-4-6-9-22/h4-20,31,40H,1-3H3,(H,37,38)(H,39,41)(H,42,43)/t31-/m0/s1. The number of nitrogens with one attached hydrogen (secondary N) is 2. The molecule has 1 heterocycles. The van der Waals surface area contributed by atoms with Crippen LogP contribution in [0.1, 0.15) is 48.3 Å². The van der Waals surface area contributed by atoms with E-state index in [-0.39, 0.29) is 16.7 Å². The highest BCUT2D eigenvalue weighted by molar-refractivity contribution is 6.11. The molecule has 0 aliphatic heterocycles. The molecule has 5 aromatic carbocycles. The number of H-pyrrole nitrogens is 1. The summed E-state index contributed by atoms with van der Waals surface area (Å²) < 4.78 is 0. The Morgan fingerprint density at radius 3 is 2.23 bits per heavy atom. The van der Waals surface area contributed by atoms with E-state index in [0.717, 1.165) is 22.2 Å². The van der Waals surface area contributed by atoms with Gasteiger partial charge in [0, 0.05) is 11.1 Å². The van der Waals surface area contributed by atoms with Gasteiger partial charge in [0.05, 0.1) is 10.9 Å². The van der Waals surface area contributed by atoms with Crippen molar-refractivity contribution < 1.29 is 19.8 Å². The zero-order valence-electron chi connectivity index (χ0n) is 24.1. The van der Waals surface area contributed by atoms with Crippen LogP contribution in [-0.2, 0) is 10.2 Å². The summed E-state index contributed by atoms with van der Waals surface area (Å²) in [6.07, 6.45) is 0. The van der Waals surface area contributed by atoms with E-state index in [1.54, 1.807) is 42.5 Å². The molecule has 7 heteroatoms. The number of benzene rings is 5. The highest BCUT2D eigenvalue weighted by Gasteiger charge is 2.24. The fraction of sp³-hybridized carbons (Fsp3) is 0.139. The lowest BCUT2D eigenvalue weighted by Crippen LogP contribution is -2.33. The smallest absolute Gasteiger partial charge is 0.330 e. The summed E-state index contributed by atoms with van der Waals surface area (Å²) in [6, 6.07) is 30.6. The number of carbonyl (C=O) groups is 2. The minimum Gasteiger partial charge on any atom is -0.507 e. The fourth-order valence-corrected chi connectivity index (χ4v) is 5.33. The molecule has 0 fully saturated rings. The van der Waals surface area contributed by atoms with Gasteiger partial charge in [-0.1, -0.05) is 99.6 Å². The molecule has 0 aliphatic rings. The largest absolute Gasteiger partial charge is 0.507 e. The Kier molecular flexibility index (Phi) is 6.94. The van der Waals surface area contributed by atoms with Gasteiger partial charge < -0.3 is 20.5 Å². The Morgan fingerprint density at radius 2 is 1.53 bits per heavy atom. The van der Waals surface area contributed by atoms with Gasteiger partial charge in [0.15, 0.2) is 6.04 Å². The van der Waals surface area contributed by atoms with E-state index < -0.39 is 17.9 Å². The number of hydrogen-bond donors (Lipinski definition) is 4. The van der Waals surface area contributed by atoms with Crippen LogP contribution in [0.4, 0.5) is 0 Å². The molecule has 0 bridgehead atoms. The van der Waals surface area contributed by atoms with Crippen LogP contribution in [0.25, 0.3) is 44.3 Å². The number of fused-ring (bicyclic) bond motifs is 3. The molecule has 0 saturated heterocycles. The maximum Gasteiger partial charge on any atom is 0.330 e. The van der Waals surface area contributed by atoms with Crippen molar-refractivity contribution >= 4 is 33.7 Å². The first-order valence-electron chi connectivity index (χ1n) is 14.0. The van der Waals surface area contributed by atoms with Crippen LogP contribution in [0.5, 0.6) is 5.75 Å². The summed E-state index contributed by atoms with van der Waals surface area (Å²) in [7, 11) is 0. The van der Waals surface area contributed by atoms with Crippen molar-refractivity contribution in [1.82, 2.24) is 15.3 Å². The molecular formula is C36H31N3O4. The molecule has 0 spiro atoms. The molecule has 214 valence electrons. The SMILES string of the molecule is CC(C)(C)c1ccc(-c2cccc(-c3nc4c(ccc5cc(C(=O)N[C@H](C(=O)O)c6ccccc6)cc(O)c54)[nH]3)c2)cc1. The van der Waals surface area contributed by atoms with Crippen LogP contribution < -0.4 is 5.32 Å². The third kappa shape index (κ3) is 5.45. The highest BCUT2D eigenvalue weighted by atomic mass is 16.4. The Morgan fingerprint density at radius 1 is 0.814 bits per heavy atom. The van der Waals surface area contributed by atoms with Gasteiger partial charge in [-0.25, -0.2) is 9.78 Å². The molecule has 0 unspecified atom stereocenters. The van der Waals surface area contributed by atoms with Crippen LogP contribution in [0, 0.1) is 0 Å². The molecule has 0 radical (unpaired) electrons. The number of aromatic nitrogens is 2. The number of rotatable bonds is 6. The number of aromatic amines is 1. The molecule has 4 N–H and O–H groups in total. The van der Waals surface area contributed by atoms with Gasteiger partial charge in [0.1, 0.15) is 17.1 Å². The second-order valence-electron chi connectivity index (χ2n) is 11.7. The Balaban J connectivity index is 1.32. The minimum absolute atomic E-state index is 0.0800. The number of aromatic hydroxyl groups is 1. The summed E-state index contributed by atoms with van der Waals surface area (Å²) in [6.45, 7) is 6.59. The normalized spacial score (nSPS) is 12.3. The first kappa shape index (κ1) is 27.7. The van der Waals surface area contributed by atoms with E-state index in [1.807, 2.05) is 18.2 Å². The average Bonchev–Trinajstić information content (AvgIpc) is 3.44. The van der Waals surface area contributed by atoms with E-state index in [0.29, 0.717) is 27.7 Å². The third-order valence-corrected chi connectivity index (χ3v) is 7.68. The first-order chi connectivity index (χ1) is 20.6. The number of hydrogen-bond acceptors (Lipinski definition) is 4. The minimum atomic E-state index is -1.23. The van der Waals surface area contributed by atoms with Crippen LogP contribution in [-0.4, -0.2) is 32.1 Å². The molecule has 0 saturated carbocycles. The second-order valence-corrected chi connectivity index (χ2v) is 11.7. The molecule has 6 rings (SSSR count). The van der Waals surface area contributed by atoms with E-state index in [1.165, 1.54) is 11.6 Å². The van der Waals surface area contributed by atoms with Crippen molar-refractivity contribution in [3.05, 3.63) is 120 Å². The van der Waals surface area contributed by atoms with E-state index >= 15 is 0 Å². The maximum atomic E-state index is 13.1. The number of carboxylic acids is 1. The maximum absolute atomic E-state index is 13.1. The summed E-state index contributed by atoms with van der Waals surface area (Å²) in [5.41, 5.74) is 6.34. The van der Waals surface area contributed by atoms with Gasteiger partial charge in [-0.15, -0.1) is 0 Å². The summed E-state index contributed by atoms with van der Waals surface area (Å²) in [5.74, 6) is -1.25. The molecule has 0 aliphatic carbocycles. The van der Waals surface area contributed by atoms with E-state index in [9.17, 15) is 19.8 Å². The van der Waals surface area contributed by atoms with Gasteiger partial charge in [-0.2, -0.15) is 0 Å². The summed E-state index contributed by atoms with van der Waals surface area (Å²) >= 11 is 0. The predicted octanol–water partition coefficient (Wildman–Crippen LogP) is 7.61. The zero-order chi connectivity index (χ0) is 30.3. The van der Waals surface area contributed by atoms with Crippen molar-refractivity contribution in [2.45, 2.75) is 32.2 Å². The monoisotopic (exact) mass is 569 g/mol. The predicted molar refractivity (Wildman–Crippen MR) is 169 cm³/mol. The Bertz CT molecular complexity index is 1990. The topological polar surface area (TPSA) is 115 Å². The van der Waals surface area contributed by atoms with E-state index in [2.05, 4.69) is 67.5 Å².